The number of esters is 2. The monoisotopic (exact) mass is 503 g/mol. The van der Waals surface area contributed by atoms with Gasteiger partial charge in [-0.05, 0) is 50.2 Å². The largest absolute Gasteiger partial charge is 0.465 e. The smallest absolute Gasteiger partial charge is 0.348 e. The van der Waals surface area contributed by atoms with Gasteiger partial charge in [0.15, 0.2) is 0 Å². The van der Waals surface area contributed by atoms with Crippen LogP contribution in [-0.4, -0.2) is 41.1 Å². The zero-order chi connectivity index (χ0) is 24.6. The van der Waals surface area contributed by atoms with Gasteiger partial charge < -0.3 is 14.8 Å². The molecule has 1 atom stereocenters. The number of thiophene rings is 2. The number of aryl methyl sites for hydroxylation is 1. The Morgan fingerprint density at radius 3 is 2.74 bits per heavy atom. The number of methoxy groups -OCH3 is 1. The third-order valence-corrected chi connectivity index (χ3v) is 8.20. The molecule has 0 radical (unpaired) electrons. The van der Waals surface area contributed by atoms with Crippen molar-refractivity contribution in [1.29, 1.82) is 0 Å². The number of fused-ring (bicyclic) bond motifs is 2. The van der Waals surface area contributed by atoms with Crippen LogP contribution in [0.4, 0.5) is 5.00 Å². The Balaban J connectivity index is 1.62. The van der Waals surface area contributed by atoms with E-state index in [1.54, 1.807) is 13.8 Å². The summed E-state index contributed by atoms with van der Waals surface area (Å²) in [5.41, 5.74) is 1.40. The Hall–Kier alpha value is -3.05. The van der Waals surface area contributed by atoms with Gasteiger partial charge in [0, 0.05) is 4.88 Å². The number of anilines is 1. The van der Waals surface area contributed by atoms with E-state index in [0.29, 0.717) is 37.1 Å². The highest BCUT2D eigenvalue weighted by Gasteiger charge is 2.29. The quantitative estimate of drug-likeness (QED) is 0.511. The van der Waals surface area contributed by atoms with Crippen LogP contribution in [-0.2, 0) is 33.7 Å². The van der Waals surface area contributed by atoms with Crippen LogP contribution < -0.4 is 10.9 Å². The molecule has 9 nitrogen and oxygen atoms in total. The van der Waals surface area contributed by atoms with Crippen molar-refractivity contribution in [2.45, 2.75) is 46.6 Å². The summed E-state index contributed by atoms with van der Waals surface area (Å²) in [6.45, 7) is 5.47. The minimum absolute atomic E-state index is 0.225. The molecule has 0 aromatic carbocycles. The number of nitrogens with one attached hydrogen (secondary N) is 1. The Bertz CT molecular complexity index is 1350. The maximum Gasteiger partial charge on any atom is 0.348 e. The zero-order valence-corrected chi connectivity index (χ0v) is 21.0. The normalized spacial score (nSPS) is 15.1. The number of hydrogen-bond acceptors (Lipinski definition) is 9. The standard InChI is InChI=1S/C23H25N3O6S2/c1-5-32-23(30)18-12(3)16-19(34-18)24-10-26(21(16)28)9-15(27)25-20-17(22(29)31-4)13-7-6-11(2)8-14(13)33-20/h10-11H,5-9H2,1-4H3,(H,25,27)/t11-/m1/s1. The summed E-state index contributed by atoms with van der Waals surface area (Å²) in [7, 11) is 1.32. The number of carbonyl (C=O) groups excluding carboxylic acids is 3. The minimum atomic E-state index is -0.502. The van der Waals surface area contributed by atoms with Crippen LogP contribution in [0.5, 0.6) is 0 Å². The van der Waals surface area contributed by atoms with Crippen molar-refractivity contribution >= 4 is 55.7 Å². The number of ether oxygens (including phenoxy) is 2. The lowest BCUT2D eigenvalue weighted by Crippen LogP contribution is -2.28. The van der Waals surface area contributed by atoms with Crippen molar-refractivity contribution in [2.24, 2.45) is 5.92 Å². The molecule has 4 rings (SSSR count). The summed E-state index contributed by atoms with van der Waals surface area (Å²) in [5.74, 6) is -0.940. The predicted molar refractivity (Wildman–Crippen MR) is 130 cm³/mol. The molecule has 0 saturated heterocycles. The van der Waals surface area contributed by atoms with Gasteiger partial charge in [-0.1, -0.05) is 6.92 Å². The Labute approximate surface area is 203 Å². The molecule has 1 amide bonds. The van der Waals surface area contributed by atoms with Crippen LogP contribution >= 0.6 is 22.7 Å². The Morgan fingerprint density at radius 1 is 1.26 bits per heavy atom. The summed E-state index contributed by atoms with van der Waals surface area (Å²) in [4.78, 5) is 56.7. The van der Waals surface area contributed by atoms with Crippen LogP contribution in [0.2, 0.25) is 0 Å². The van der Waals surface area contributed by atoms with E-state index in [9.17, 15) is 19.2 Å². The molecule has 3 heterocycles. The highest BCUT2D eigenvalue weighted by Crippen LogP contribution is 2.40. The van der Waals surface area contributed by atoms with Gasteiger partial charge in [0.05, 0.1) is 31.0 Å². The number of nitrogens with zero attached hydrogens (tertiary/aromatic N) is 2. The lowest BCUT2D eigenvalue weighted by Gasteiger charge is -2.18. The second-order valence-corrected chi connectivity index (χ2v) is 10.3. The Kier molecular flexibility index (Phi) is 6.85. The average Bonchev–Trinajstić information content (AvgIpc) is 3.32. The van der Waals surface area contributed by atoms with Crippen LogP contribution in [0.3, 0.4) is 0 Å². The number of rotatable bonds is 6. The summed E-state index contributed by atoms with van der Waals surface area (Å²) in [5, 5.41) is 3.53. The molecule has 1 aliphatic carbocycles. The highest BCUT2D eigenvalue weighted by atomic mass is 32.1. The van der Waals surface area contributed by atoms with Gasteiger partial charge in [-0.3, -0.25) is 14.2 Å². The maximum absolute atomic E-state index is 13.1. The van der Waals surface area contributed by atoms with E-state index < -0.39 is 23.4 Å². The summed E-state index contributed by atoms with van der Waals surface area (Å²) < 4.78 is 11.2. The molecule has 0 aliphatic heterocycles. The van der Waals surface area contributed by atoms with Crippen molar-refractivity contribution in [3.63, 3.8) is 0 Å². The van der Waals surface area contributed by atoms with Gasteiger partial charge >= 0.3 is 11.9 Å². The second-order valence-electron chi connectivity index (χ2n) is 8.23. The molecular weight excluding hydrogens is 478 g/mol. The van der Waals surface area contributed by atoms with E-state index in [-0.39, 0.29) is 13.2 Å². The first-order valence-electron chi connectivity index (χ1n) is 10.9. The fourth-order valence-corrected chi connectivity index (χ4v) is 6.59. The predicted octanol–water partition coefficient (Wildman–Crippen LogP) is 3.55. The first kappa shape index (κ1) is 24.1. The first-order chi connectivity index (χ1) is 16.2. The van der Waals surface area contributed by atoms with Gasteiger partial charge in [0.2, 0.25) is 5.91 Å². The van der Waals surface area contributed by atoms with Gasteiger partial charge in [-0.25, -0.2) is 14.6 Å². The topological polar surface area (TPSA) is 117 Å². The fourth-order valence-electron chi connectivity index (χ4n) is 4.14. The van der Waals surface area contributed by atoms with Crippen molar-refractivity contribution in [1.82, 2.24) is 9.55 Å². The molecule has 11 heteroatoms. The summed E-state index contributed by atoms with van der Waals surface area (Å²) >= 11 is 2.47. The molecule has 180 valence electrons. The molecular formula is C23H25N3O6S2. The van der Waals surface area contributed by atoms with Crippen LogP contribution in [0.1, 0.15) is 56.3 Å². The Morgan fingerprint density at radius 2 is 2.03 bits per heavy atom. The van der Waals surface area contributed by atoms with Gasteiger partial charge in [-0.15, -0.1) is 22.7 Å². The average molecular weight is 504 g/mol. The van der Waals surface area contributed by atoms with E-state index >= 15 is 0 Å². The number of hydrogen-bond donors (Lipinski definition) is 1. The molecule has 34 heavy (non-hydrogen) atoms. The second kappa shape index (κ2) is 9.67. The molecule has 0 unspecified atom stereocenters. The lowest BCUT2D eigenvalue weighted by molar-refractivity contribution is -0.116. The molecule has 0 saturated carbocycles. The molecule has 1 N–H and O–H groups in total. The molecule has 3 aromatic heterocycles. The molecule has 3 aromatic rings. The van der Waals surface area contributed by atoms with Gasteiger partial charge in [0.1, 0.15) is 21.3 Å². The van der Waals surface area contributed by atoms with E-state index in [2.05, 4.69) is 17.2 Å². The van der Waals surface area contributed by atoms with Crippen LogP contribution in [0.25, 0.3) is 10.2 Å². The number of aromatic nitrogens is 2. The molecule has 0 spiro atoms. The van der Waals surface area contributed by atoms with Crippen molar-refractivity contribution < 1.29 is 23.9 Å². The van der Waals surface area contributed by atoms with E-state index in [1.807, 2.05) is 0 Å². The van der Waals surface area contributed by atoms with Crippen molar-refractivity contribution in [2.75, 3.05) is 19.0 Å². The lowest BCUT2D eigenvalue weighted by atomic mass is 9.88. The first-order valence-corrected chi connectivity index (χ1v) is 12.6. The summed E-state index contributed by atoms with van der Waals surface area (Å²) in [6.07, 6.45) is 3.86. The zero-order valence-electron chi connectivity index (χ0n) is 19.4. The van der Waals surface area contributed by atoms with E-state index in [1.165, 1.54) is 29.3 Å². The van der Waals surface area contributed by atoms with Crippen LogP contribution in [0, 0.1) is 12.8 Å². The minimum Gasteiger partial charge on any atom is -0.465 e. The maximum atomic E-state index is 13.1. The van der Waals surface area contributed by atoms with E-state index in [4.69, 9.17) is 9.47 Å². The number of carbonyl (C=O) groups is 3. The highest BCUT2D eigenvalue weighted by molar-refractivity contribution is 7.20. The molecule has 0 fully saturated rings. The fraction of sp³-hybridized carbons (Fsp3) is 0.435. The van der Waals surface area contributed by atoms with Crippen LogP contribution in [0.15, 0.2) is 11.1 Å². The van der Waals surface area contributed by atoms with E-state index in [0.717, 1.165) is 41.0 Å². The number of amides is 1. The summed E-state index contributed by atoms with van der Waals surface area (Å²) in [6, 6.07) is 0. The van der Waals surface area contributed by atoms with Crippen molar-refractivity contribution in [3.8, 4) is 0 Å². The SMILES string of the molecule is CCOC(=O)c1sc2ncn(CC(=O)Nc3sc4c(c3C(=O)OC)CC[C@@H](C)C4)c(=O)c2c1C. The molecule has 0 bridgehead atoms. The molecule has 1 aliphatic rings. The van der Waals surface area contributed by atoms with Gasteiger partial charge in [0.25, 0.3) is 5.56 Å². The third kappa shape index (κ3) is 4.37. The third-order valence-electron chi connectivity index (χ3n) is 5.85. The van der Waals surface area contributed by atoms with Crippen molar-refractivity contribution in [3.05, 3.63) is 43.1 Å². The van der Waals surface area contributed by atoms with Gasteiger partial charge in [-0.2, -0.15) is 0 Å².